The second-order valence-corrected chi connectivity index (χ2v) is 4.94. The first-order chi connectivity index (χ1) is 11.1. The molecule has 0 spiro atoms. The highest BCUT2D eigenvalue weighted by Crippen LogP contribution is 2.22. The standard InChI is InChI=1S/C17H20FN3O2/c1-12(23-14-7-5-6-13(18)10-14)11-20-17(19)21-15-8-3-4-9-16(15)22-2/h3-10,12H,11H2,1-2H3,(H3,19,20,21). The highest BCUT2D eigenvalue weighted by Gasteiger charge is 2.06. The quantitative estimate of drug-likeness (QED) is 0.635. The fraction of sp³-hybridized carbons (Fsp3) is 0.235. The van der Waals surface area contributed by atoms with Crippen LogP contribution in [0.2, 0.25) is 0 Å². The van der Waals surface area contributed by atoms with Gasteiger partial charge in [0.05, 0.1) is 19.3 Å². The molecule has 0 bridgehead atoms. The smallest absolute Gasteiger partial charge is 0.193 e. The highest BCUT2D eigenvalue weighted by molar-refractivity contribution is 5.93. The SMILES string of the molecule is COc1ccccc1NC(N)=NCC(C)Oc1cccc(F)c1. The van der Waals surface area contributed by atoms with Crippen LogP contribution in [-0.4, -0.2) is 25.7 Å². The first-order valence-electron chi connectivity index (χ1n) is 7.20. The minimum atomic E-state index is -0.337. The first-order valence-corrected chi connectivity index (χ1v) is 7.20. The molecule has 0 aliphatic heterocycles. The van der Waals surface area contributed by atoms with Gasteiger partial charge in [-0.15, -0.1) is 0 Å². The molecule has 0 aliphatic carbocycles. The maximum Gasteiger partial charge on any atom is 0.193 e. The van der Waals surface area contributed by atoms with Gasteiger partial charge in [0.1, 0.15) is 23.4 Å². The number of rotatable bonds is 6. The van der Waals surface area contributed by atoms with Crippen LogP contribution in [0.5, 0.6) is 11.5 Å². The molecule has 23 heavy (non-hydrogen) atoms. The number of guanidine groups is 1. The fourth-order valence-corrected chi connectivity index (χ4v) is 1.96. The van der Waals surface area contributed by atoms with Crippen molar-refractivity contribution in [3.05, 3.63) is 54.3 Å². The molecule has 3 N–H and O–H groups in total. The Hall–Kier alpha value is -2.76. The lowest BCUT2D eigenvalue weighted by atomic mass is 10.3. The van der Waals surface area contributed by atoms with Crippen molar-refractivity contribution in [2.45, 2.75) is 13.0 Å². The van der Waals surface area contributed by atoms with Crippen molar-refractivity contribution in [2.24, 2.45) is 10.7 Å². The molecule has 0 saturated carbocycles. The predicted octanol–water partition coefficient (Wildman–Crippen LogP) is 3.03. The molecule has 0 radical (unpaired) electrons. The molecular weight excluding hydrogens is 297 g/mol. The summed E-state index contributed by atoms with van der Waals surface area (Å²) in [4.78, 5) is 4.22. The molecular formula is C17H20FN3O2. The summed E-state index contributed by atoms with van der Waals surface area (Å²) < 4.78 is 23.9. The van der Waals surface area contributed by atoms with Gasteiger partial charge in [-0.3, -0.25) is 0 Å². The van der Waals surface area contributed by atoms with E-state index in [0.717, 1.165) is 5.69 Å². The molecule has 2 aromatic carbocycles. The van der Waals surface area contributed by atoms with E-state index in [1.54, 1.807) is 19.2 Å². The number of aliphatic imine (C=N–C) groups is 1. The number of hydrogen-bond acceptors (Lipinski definition) is 3. The molecule has 122 valence electrons. The molecule has 6 heteroatoms. The van der Waals surface area contributed by atoms with Crippen LogP contribution in [0.4, 0.5) is 10.1 Å². The monoisotopic (exact) mass is 317 g/mol. The third-order valence-electron chi connectivity index (χ3n) is 3.02. The van der Waals surface area contributed by atoms with Crippen molar-refractivity contribution < 1.29 is 13.9 Å². The molecule has 0 fully saturated rings. The Balaban J connectivity index is 1.91. The van der Waals surface area contributed by atoms with E-state index >= 15 is 0 Å². The second-order valence-electron chi connectivity index (χ2n) is 4.94. The molecule has 1 unspecified atom stereocenters. The third kappa shape index (κ3) is 5.18. The van der Waals surface area contributed by atoms with E-state index in [4.69, 9.17) is 15.2 Å². The number of ether oxygens (including phenoxy) is 2. The lowest BCUT2D eigenvalue weighted by molar-refractivity contribution is 0.229. The van der Waals surface area contributed by atoms with Gasteiger partial charge in [-0.1, -0.05) is 18.2 Å². The van der Waals surface area contributed by atoms with Crippen LogP contribution in [0.15, 0.2) is 53.5 Å². The zero-order valence-electron chi connectivity index (χ0n) is 13.1. The Morgan fingerprint density at radius 3 is 2.78 bits per heavy atom. The third-order valence-corrected chi connectivity index (χ3v) is 3.02. The van der Waals surface area contributed by atoms with Crippen molar-refractivity contribution in [2.75, 3.05) is 19.0 Å². The summed E-state index contributed by atoms with van der Waals surface area (Å²) in [7, 11) is 1.59. The van der Waals surface area contributed by atoms with Crippen molar-refractivity contribution in [1.82, 2.24) is 0 Å². The van der Waals surface area contributed by atoms with E-state index in [-0.39, 0.29) is 17.9 Å². The van der Waals surface area contributed by atoms with Crippen molar-refractivity contribution in [3.8, 4) is 11.5 Å². The largest absolute Gasteiger partial charge is 0.495 e. The van der Waals surface area contributed by atoms with E-state index in [9.17, 15) is 4.39 Å². The highest BCUT2D eigenvalue weighted by atomic mass is 19.1. The molecule has 5 nitrogen and oxygen atoms in total. The Labute approximate surface area is 134 Å². The van der Waals surface area contributed by atoms with Crippen LogP contribution in [-0.2, 0) is 0 Å². The van der Waals surface area contributed by atoms with Gasteiger partial charge in [-0.2, -0.15) is 0 Å². The number of methoxy groups -OCH3 is 1. The number of nitrogens with one attached hydrogen (secondary N) is 1. The summed E-state index contributed by atoms with van der Waals surface area (Å²) in [6.07, 6.45) is -0.241. The van der Waals surface area contributed by atoms with E-state index < -0.39 is 0 Å². The van der Waals surface area contributed by atoms with Crippen molar-refractivity contribution >= 4 is 11.6 Å². The molecule has 0 aromatic heterocycles. The van der Waals surface area contributed by atoms with Crippen LogP contribution in [0.3, 0.4) is 0 Å². The first kappa shape index (κ1) is 16.6. The van der Waals surface area contributed by atoms with Gasteiger partial charge in [0.15, 0.2) is 5.96 Å². The van der Waals surface area contributed by atoms with E-state index in [1.807, 2.05) is 31.2 Å². The van der Waals surface area contributed by atoms with Crippen LogP contribution in [0, 0.1) is 5.82 Å². The zero-order valence-corrected chi connectivity index (χ0v) is 13.1. The average molecular weight is 317 g/mol. The average Bonchev–Trinajstić information content (AvgIpc) is 2.53. The molecule has 0 amide bonds. The van der Waals surface area contributed by atoms with E-state index in [2.05, 4.69) is 10.3 Å². The number of para-hydroxylation sites is 2. The number of nitrogens with zero attached hydrogens (tertiary/aromatic N) is 1. The van der Waals surface area contributed by atoms with Crippen molar-refractivity contribution in [1.29, 1.82) is 0 Å². The Kier molecular flexibility index (Phi) is 5.80. The molecule has 2 aromatic rings. The Morgan fingerprint density at radius 2 is 2.04 bits per heavy atom. The molecule has 1 atom stereocenters. The van der Waals surface area contributed by atoms with Crippen LogP contribution in [0.1, 0.15) is 6.92 Å². The molecule has 0 aliphatic rings. The van der Waals surface area contributed by atoms with E-state index in [0.29, 0.717) is 18.0 Å². The van der Waals surface area contributed by atoms with Gasteiger partial charge < -0.3 is 20.5 Å². The minimum absolute atomic E-state index is 0.241. The van der Waals surface area contributed by atoms with Gasteiger partial charge in [-0.05, 0) is 31.2 Å². The Morgan fingerprint density at radius 1 is 1.26 bits per heavy atom. The maximum atomic E-state index is 13.1. The number of anilines is 1. The summed E-state index contributed by atoms with van der Waals surface area (Å²) in [6.45, 7) is 2.18. The van der Waals surface area contributed by atoms with Crippen LogP contribution in [0.25, 0.3) is 0 Å². The number of nitrogens with two attached hydrogens (primary N) is 1. The van der Waals surface area contributed by atoms with Gasteiger partial charge in [0.2, 0.25) is 0 Å². The molecule has 0 heterocycles. The van der Waals surface area contributed by atoms with Crippen molar-refractivity contribution in [3.63, 3.8) is 0 Å². The Bertz CT molecular complexity index is 676. The minimum Gasteiger partial charge on any atom is -0.495 e. The lowest BCUT2D eigenvalue weighted by Gasteiger charge is -2.14. The predicted molar refractivity (Wildman–Crippen MR) is 89.6 cm³/mol. The summed E-state index contributed by atoms with van der Waals surface area (Å²) in [6, 6.07) is 13.4. The lowest BCUT2D eigenvalue weighted by Crippen LogP contribution is -2.26. The van der Waals surface area contributed by atoms with Crippen LogP contribution < -0.4 is 20.5 Å². The summed E-state index contributed by atoms with van der Waals surface area (Å²) in [5.41, 5.74) is 6.59. The number of benzene rings is 2. The fourth-order valence-electron chi connectivity index (χ4n) is 1.96. The summed E-state index contributed by atoms with van der Waals surface area (Å²) in [5.74, 6) is 1.05. The number of hydrogen-bond donors (Lipinski definition) is 2. The summed E-state index contributed by atoms with van der Waals surface area (Å²) in [5, 5.41) is 2.98. The zero-order chi connectivity index (χ0) is 16.7. The molecule has 0 saturated heterocycles. The van der Waals surface area contributed by atoms with Gasteiger partial charge in [-0.25, -0.2) is 9.38 Å². The maximum absolute atomic E-state index is 13.1. The van der Waals surface area contributed by atoms with Gasteiger partial charge in [0.25, 0.3) is 0 Å². The van der Waals surface area contributed by atoms with Gasteiger partial charge in [0, 0.05) is 6.07 Å². The summed E-state index contributed by atoms with van der Waals surface area (Å²) >= 11 is 0. The van der Waals surface area contributed by atoms with E-state index in [1.165, 1.54) is 12.1 Å². The topological polar surface area (TPSA) is 68.9 Å². The van der Waals surface area contributed by atoms with Gasteiger partial charge >= 0.3 is 0 Å². The van der Waals surface area contributed by atoms with Crippen LogP contribution >= 0.6 is 0 Å². The molecule has 2 rings (SSSR count). The normalized spacial score (nSPS) is 12.6. The second kappa shape index (κ2) is 8.03. The number of halogens is 1.